The average molecular weight is 259 g/mol. The highest BCUT2D eigenvalue weighted by Gasteiger charge is 2.25. The summed E-state index contributed by atoms with van der Waals surface area (Å²) < 4.78 is 15.3. The average Bonchev–Trinajstić information content (AvgIpc) is 2.28. The molecule has 0 saturated heterocycles. The molecular weight excluding hydrogens is 245 g/mol. The molecule has 1 aromatic carbocycles. The highest BCUT2D eigenvalue weighted by Crippen LogP contribution is 2.37. The second-order valence-corrected chi connectivity index (χ2v) is 4.89. The maximum atomic E-state index is 13.9. The van der Waals surface area contributed by atoms with E-state index in [1.54, 1.807) is 24.3 Å². The second-order valence-electron chi connectivity index (χ2n) is 4.89. The molecule has 1 saturated carbocycles. The van der Waals surface area contributed by atoms with Gasteiger partial charge in [-0.15, -0.1) is 0 Å². The molecule has 0 aliphatic heterocycles. The van der Waals surface area contributed by atoms with E-state index in [1.165, 1.54) is 10.6 Å². The Morgan fingerprint density at radius 2 is 1.95 bits per heavy atom. The lowest BCUT2D eigenvalue weighted by Crippen LogP contribution is -2.25. The van der Waals surface area contributed by atoms with Gasteiger partial charge in [-0.05, 0) is 30.9 Å². The predicted octanol–water partition coefficient (Wildman–Crippen LogP) is 2.95. The van der Waals surface area contributed by atoms with Crippen molar-refractivity contribution in [1.82, 2.24) is 4.57 Å². The van der Waals surface area contributed by atoms with Gasteiger partial charge >= 0.3 is 0 Å². The minimum Gasteiger partial charge on any atom is -0.508 e. The summed E-state index contributed by atoms with van der Waals surface area (Å²) >= 11 is 0. The molecule has 0 spiro atoms. The van der Waals surface area contributed by atoms with Gasteiger partial charge in [0.05, 0.1) is 5.69 Å². The van der Waals surface area contributed by atoms with Crippen LogP contribution in [0, 0.1) is 5.82 Å². The molecule has 1 N–H and O–H groups in total. The molecular formula is C15H14FNO2. The van der Waals surface area contributed by atoms with E-state index in [0.717, 1.165) is 25.3 Å². The number of nitrogens with zero attached hydrogens (tertiary/aromatic N) is 1. The quantitative estimate of drug-likeness (QED) is 0.901. The van der Waals surface area contributed by atoms with Crippen molar-refractivity contribution in [3.8, 4) is 11.4 Å². The summed E-state index contributed by atoms with van der Waals surface area (Å²) in [5.74, 6) is -0.269. The number of benzene rings is 1. The zero-order valence-corrected chi connectivity index (χ0v) is 10.3. The van der Waals surface area contributed by atoms with Crippen molar-refractivity contribution in [2.45, 2.75) is 25.2 Å². The minimum absolute atomic E-state index is 0.0560. The number of halogens is 1. The third kappa shape index (κ3) is 2.03. The first-order chi connectivity index (χ1) is 9.16. The van der Waals surface area contributed by atoms with Crippen LogP contribution >= 0.6 is 0 Å². The van der Waals surface area contributed by atoms with Crippen LogP contribution in [0.4, 0.5) is 4.39 Å². The Morgan fingerprint density at radius 3 is 2.58 bits per heavy atom. The van der Waals surface area contributed by atoms with Crippen molar-refractivity contribution in [3.05, 3.63) is 58.3 Å². The Kier molecular flexibility index (Phi) is 2.85. The fourth-order valence-electron chi connectivity index (χ4n) is 2.47. The highest BCUT2D eigenvalue weighted by atomic mass is 19.1. The molecule has 0 bridgehead atoms. The smallest absolute Gasteiger partial charge is 0.259 e. The first kappa shape index (κ1) is 12.0. The van der Waals surface area contributed by atoms with Crippen molar-refractivity contribution in [2.75, 3.05) is 0 Å². The number of para-hydroxylation sites is 1. The zero-order valence-electron chi connectivity index (χ0n) is 10.3. The van der Waals surface area contributed by atoms with Crippen LogP contribution in [-0.2, 0) is 0 Å². The largest absolute Gasteiger partial charge is 0.508 e. The Labute approximate surface area is 109 Å². The van der Waals surface area contributed by atoms with Gasteiger partial charge in [0.1, 0.15) is 11.6 Å². The molecule has 0 unspecified atom stereocenters. The van der Waals surface area contributed by atoms with E-state index in [1.807, 2.05) is 0 Å². The van der Waals surface area contributed by atoms with Crippen molar-refractivity contribution >= 4 is 0 Å². The Bertz CT molecular complexity index is 674. The van der Waals surface area contributed by atoms with Gasteiger partial charge in [-0.25, -0.2) is 4.39 Å². The summed E-state index contributed by atoms with van der Waals surface area (Å²) in [5.41, 5.74) is 0.544. The SMILES string of the molecule is O=c1cc(O)cc(C2CCC2)n1-c1ccccc1F. The molecule has 19 heavy (non-hydrogen) atoms. The Morgan fingerprint density at radius 1 is 1.21 bits per heavy atom. The number of aromatic hydroxyl groups is 1. The van der Waals surface area contributed by atoms with Crippen LogP contribution in [0.25, 0.3) is 5.69 Å². The normalized spacial score (nSPS) is 15.2. The van der Waals surface area contributed by atoms with Crippen LogP contribution < -0.4 is 5.56 Å². The van der Waals surface area contributed by atoms with Gasteiger partial charge < -0.3 is 5.11 Å². The maximum absolute atomic E-state index is 13.9. The molecule has 0 atom stereocenters. The summed E-state index contributed by atoms with van der Waals surface area (Å²) in [6.45, 7) is 0. The van der Waals surface area contributed by atoms with E-state index in [0.29, 0.717) is 5.69 Å². The van der Waals surface area contributed by atoms with Crippen molar-refractivity contribution < 1.29 is 9.50 Å². The molecule has 4 heteroatoms. The van der Waals surface area contributed by atoms with Crippen LogP contribution in [0.2, 0.25) is 0 Å². The molecule has 1 heterocycles. The number of hydrogen-bond acceptors (Lipinski definition) is 2. The third-order valence-electron chi connectivity index (χ3n) is 3.66. The van der Waals surface area contributed by atoms with E-state index in [-0.39, 0.29) is 17.4 Å². The molecule has 3 nitrogen and oxygen atoms in total. The Balaban J connectivity index is 2.25. The van der Waals surface area contributed by atoms with Gasteiger partial charge in [0.25, 0.3) is 5.56 Å². The summed E-state index contributed by atoms with van der Waals surface area (Å²) in [4.78, 5) is 12.1. The highest BCUT2D eigenvalue weighted by molar-refractivity contribution is 5.39. The number of rotatable bonds is 2. The summed E-state index contributed by atoms with van der Waals surface area (Å²) in [7, 11) is 0. The number of pyridine rings is 1. The first-order valence-corrected chi connectivity index (χ1v) is 6.37. The lowest BCUT2D eigenvalue weighted by atomic mass is 9.82. The molecule has 2 aromatic rings. The van der Waals surface area contributed by atoms with E-state index in [4.69, 9.17) is 0 Å². The molecule has 1 aromatic heterocycles. The minimum atomic E-state index is -0.434. The Hall–Kier alpha value is -2.10. The second kappa shape index (κ2) is 4.53. The topological polar surface area (TPSA) is 42.2 Å². The molecule has 3 rings (SSSR count). The fourth-order valence-corrected chi connectivity index (χ4v) is 2.47. The molecule has 0 radical (unpaired) electrons. The third-order valence-corrected chi connectivity index (χ3v) is 3.66. The van der Waals surface area contributed by atoms with Gasteiger partial charge in [-0.2, -0.15) is 0 Å². The van der Waals surface area contributed by atoms with Gasteiger partial charge in [-0.1, -0.05) is 18.6 Å². The predicted molar refractivity (Wildman–Crippen MR) is 70.3 cm³/mol. The van der Waals surface area contributed by atoms with Gasteiger partial charge in [0.2, 0.25) is 0 Å². The first-order valence-electron chi connectivity index (χ1n) is 6.37. The van der Waals surface area contributed by atoms with Gasteiger partial charge in [0.15, 0.2) is 0 Å². The van der Waals surface area contributed by atoms with Crippen LogP contribution in [0.5, 0.6) is 5.75 Å². The summed E-state index contributed by atoms with van der Waals surface area (Å²) in [5, 5.41) is 9.60. The molecule has 0 amide bonds. The van der Waals surface area contributed by atoms with Crippen molar-refractivity contribution in [1.29, 1.82) is 0 Å². The monoisotopic (exact) mass is 259 g/mol. The van der Waals surface area contributed by atoms with E-state index in [9.17, 15) is 14.3 Å². The lowest BCUT2D eigenvalue weighted by Gasteiger charge is -2.28. The fraction of sp³-hybridized carbons (Fsp3) is 0.267. The molecule has 98 valence electrons. The lowest BCUT2D eigenvalue weighted by molar-refractivity contribution is 0.397. The van der Waals surface area contributed by atoms with Gasteiger partial charge in [0, 0.05) is 17.8 Å². The molecule has 1 aliphatic rings. The summed E-state index contributed by atoms with van der Waals surface area (Å²) in [6.07, 6.45) is 3.04. The standard InChI is InChI=1S/C15H14FNO2/c16-12-6-1-2-7-13(12)17-14(10-4-3-5-10)8-11(18)9-15(17)19/h1-2,6-10,18H,3-5H2. The van der Waals surface area contributed by atoms with E-state index in [2.05, 4.69) is 0 Å². The van der Waals surface area contributed by atoms with E-state index >= 15 is 0 Å². The van der Waals surface area contributed by atoms with Crippen LogP contribution in [0.1, 0.15) is 30.9 Å². The van der Waals surface area contributed by atoms with E-state index < -0.39 is 11.4 Å². The van der Waals surface area contributed by atoms with Crippen LogP contribution in [0.3, 0.4) is 0 Å². The molecule has 1 aliphatic carbocycles. The molecule has 1 fully saturated rings. The zero-order chi connectivity index (χ0) is 13.4. The van der Waals surface area contributed by atoms with Crippen LogP contribution in [0.15, 0.2) is 41.2 Å². The number of hydrogen-bond donors (Lipinski definition) is 1. The maximum Gasteiger partial charge on any atom is 0.259 e. The van der Waals surface area contributed by atoms with Crippen LogP contribution in [-0.4, -0.2) is 9.67 Å². The van der Waals surface area contributed by atoms with Gasteiger partial charge in [-0.3, -0.25) is 9.36 Å². The summed E-state index contributed by atoms with van der Waals surface area (Å²) in [6, 6.07) is 8.89. The van der Waals surface area contributed by atoms with Crippen molar-refractivity contribution in [3.63, 3.8) is 0 Å². The van der Waals surface area contributed by atoms with Crippen molar-refractivity contribution in [2.24, 2.45) is 0 Å². The number of aromatic nitrogens is 1.